The minimum atomic E-state index is -0.731. The van der Waals surface area contributed by atoms with Crippen molar-refractivity contribution in [2.24, 2.45) is 10.8 Å². The number of hydrogen-bond acceptors (Lipinski definition) is 7. The summed E-state index contributed by atoms with van der Waals surface area (Å²) < 4.78 is 7.29. The van der Waals surface area contributed by atoms with E-state index in [0.29, 0.717) is 17.9 Å². The quantitative estimate of drug-likeness (QED) is 0.627. The second-order valence-corrected chi connectivity index (χ2v) is 11.4. The molecule has 34 heavy (non-hydrogen) atoms. The number of fused-ring (bicyclic) bond motifs is 2. The van der Waals surface area contributed by atoms with Crippen molar-refractivity contribution in [3.63, 3.8) is 0 Å². The first-order chi connectivity index (χ1) is 16.2. The number of rotatable bonds is 5. The van der Waals surface area contributed by atoms with Crippen molar-refractivity contribution in [2.45, 2.75) is 63.0 Å². The van der Waals surface area contributed by atoms with Gasteiger partial charge in [-0.05, 0) is 63.0 Å². The van der Waals surface area contributed by atoms with Gasteiger partial charge in [0.1, 0.15) is 5.82 Å². The molecule has 0 amide bonds. The smallest absolute Gasteiger partial charge is 0.320 e. The van der Waals surface area contributed by atoms with Crippen molar-refractivity contribution in [1.82, 2.24) is 19.7 Å². The van der Waals surface area contributed by atoms with E-state index in [2.05, 4.69) is 44.2 Å². The first kappa shape index (κ1) is 20.2. The Balaban J connectivity index is 1.30. The Morgan fingerprint density at radius 1 is 1.18 bits per heavy atom. The van der Waals surface area contributed by atoms with Gasteiger partial charge < -0.3 is 14.7 Å². The van der Waals surface area contributed by atoms with Crippen LogP contribution in [0.25, 0.3) is 16.7 Å². The summed E-state index contributed by atoms with van der Waals surface area (Å²) in [5.41, 5.74) is 1.03. The summed E-state index contributed by atoms with van der Waals surface area (Å²) in [5.74, 6) is 1.43. The van der Waals surface area contributed by atoms with Crippen LogP contribution in [0.5, 0.6) is 6.01 Å². The molecule has 3 saturated carbocycles. The van der Waals surface area contributed by atoms with E-state index in [1.807, 2.05) is 30.8 Å². The van der Waals surface area contributed by atoms with E-state index in [9.17, 15) is 10.4 Å². The maximum atomic E-state index is 10.7. The van der Waals surface area contributed by atoms with E-state index in [0.717, 1.165) is 60.9 Å². The summed E-state index contributed by atoms with van der Waals surface area (Å²) in [4.78, 5) is 11.5. The maximum Gasteiger partial charge on any atom is 0.320 e. The van der Waals surface area contributed by atoms with Gasteiger partial charge in [0, 0.05) is 29.5 Å². The van der Waals surface area contributed by atoms with E-state index in [4.69, 9.17) is 4.74 Å². The molecule has 5 fully saturated rings. The summed E-state index contributed by atoms with van der Waals surface area (Å²) in [5, 5.41) is 26.4. The first-order valence-corrected chi connectivity index (χ1v) is 12.1. The SMILES string of the molecule is COc1nc(N2CC3(C(C)(C)O)CC2C3)cc(-n2ncc3ccc([C@]4(C#N)CC45CC5)cc32)n1. The average molecular weight is 457 g/mol. The van der Waals surface area contributed by atoms with Crippen LogP contribution in [0, 0.1) is 22.2 Å². The second kappa shape index (κ2) is 6.08. The van der Waals surface area contributed by atoms with Gasteiger partial charge in [-0.25, -0.2) is 4.68 Å². The number of methoxy groups -OCH3 is 1. The van der Waals surface area contributed by atoms with Crippen LogP contribution in [-0.2, 0) is 5.41 Å². The summed E-state index contributed by atoms with van der Waals surface area (Å²) in [6.45, 7) is 4.58. The van der Waals surface area contributed by atoms with Gasteiger partial charge in [0.2, 0.25) is 0 Å². The molecule has 3 aliphatic carbocycles. The standard InChI is InChI=1S/C26H28N6O2/c1-23(2,33)25-10-18(11-25)31(15-25)20-9-21(30-22(29-20)34-3)32-19-8-17(5-4-16(19)12-28-32)26(14-27)13-24(26)6-7-24/h4-5,8-9,12,18,33H,6-7,10-11,13,15H2,1-3H3/t18?,25?,26-/m1/s1. The number of aromatic nitrogens is 4. The largest absolute Gasteiger partial charge is 0.467 e. The van der Waals surface area contributed by atoms with E-state index in [-0.39, 0.29) is 16.2 Å². The molecule has 5 aliphatic rings. The van der Waals surface area contributed by atoms with Crippen LogP contribution in [0.3, 0.4) is 0 Å². The molecule has 8 nitrogen and oxygen atoms in total. The third kappa shape index (κ3) is 2.43. The van der Waals surface area contributed by atoms with Crippen molar-refractivity contribution in [3.05, 3.63) is 36.0 Å². The molecule has 8 rings (SSSR count). The number of hydrogen-bond donors (Lipinski definition) is 1. The lowest BCUT2D eigenvalue weighted by molar-refractivity contribution is -0.0754. The van der Waals surface area contributed by atoms with Gasteiger partial charge in [-0.2, -0.15) is 20.3 Å². The molecule has 2 saturated heterocycles. The van der Waals surface area contributed by atoms with Crippen LogP contribution in [0.2, 0.25) is 0 Å². The maximum absolute atomic E-state index is 10.7. The minimum absolute atomic E-state index is 0.0992. The predicted molar refractivity (Wildman–Crippen MR) is 126 cm³/mol. The zero-order valence-electron chi connectivity index (χ0n) is 19.7. The number of aliphatic hydroxyl groups is 1. The third-order valence-electron chi connectivity index (χ3n) is 9.33. The summed E-state index contributed by atoms with van der Waals surface area (Å²) in [7, 11) is 1.57. The number of nitriles is 1. The molecule has 1 spiro atoms. The lowest BCUT2D eigenvalue weighted by atomic mass is 9.61. The molecule has 2 aromatic heterocycles. The molecule has 4 heterocycles. The Morgan fingerprint density at radius 3 is 2.56 bits per heavy atom. The molecule has 1 N–H and O–H groups in total. The van der Waals surface area contributed by atoms with Crippen molar-refractivity contribution in [1.29, 1.82) is 5.26 Å². The topological polar surface area (TPSA) is 100 Å². The Morgan fingerprint density at radius 2 is 1.94 bits per heavy atom. The highest BCUT2D eigenvalue weighted by molar-refractivity contribution is 5.82. The fourth-order valence-electron chi connectivity index (χ4n) is 6.67. The molecule has 0 unspecified atom stereocenters. The molecule has 1 atom stereocenters. The Labute approximate surface area is 198 Å². The van der Waals surface area contributed by atoms with Gasteiger partial charge in [0.15, 0.2) is 5.82 Å². The monoisotopic (exact) mass is 456 g/mol. The van der Waals surface area contributed by atoms with Crippen LogP contribution in [-0.4, -0.2) is 50.2 Å². The van der Waals surface area contributed by atoms with Crippen LogP contribution in [0.1, 0.15) is 51.5 Å². The van der Waals surface area contributed by atoms with Crippen LogP contribution in [0.15, 0.2) is 30.5 Å². The molecule has 2 aliphatic heterocycles. The van der Waals surface area contributed by atoms with Gasteiger partial charge in [-0.15, -0.1) is 0 Å². The molecule has 0 radical (unpaired) electrons. The minimum Gasteiger partial charge on any atom is -0.467 e. The van der Waals surface area contributed by atoms with Gasteiger partial charge in [-0.1, -0.05) is 12.1 Å². The first-order valence-electron chi connectivity index (χ1n) is 12.1. The summed E-state index contributed by atoms with van der Waals surface area (Å²) in [6.07, 6.45) is 7.01. The van der Waals surface area contributed by atoms with E-state index in [1.54, 1.807) is 7.11 Å². The number of anilines is 1. The van der Waals surface area contributed by atoms with E-state index >= 15 is 0 Å². The van der Waals surface area contributed by atoms with Crippen LogP contribution in [0.4, 0.5) is 5.82 Å². The van der Waals surface area contributed by atoms with Gasteiger partial charge in [0.25, 0.3) is 0 Å². The summed E-state index contributed by atoms with van der Waals surface area (Å²) >= 11 is 0. The zero-order chi connectivity index (χ0) is 23.5. The van der Waals surface area contributed by atoms with Crippen molar-refractivity contribution in [3.8, 4) is 17.9 Å². The highest BCUT2D eigenvalue weighted by atomic mass is 16.5. The predicted octanol–water partition coefficient (Wildman–Crippen LogP) is 3.51. The third-order valence-corrected chi connectivity index (χ3v) is 9.33. The lowest BCUT2D eigenvalue weighted by Crippen LogP contribution is -2.50. The van der Waals surface area contributed by atoms with Crippen LogP contribution >= 0.6 is 0 Å². The lowest BCUT2D eigenvalue weighted by Gasteiger charge is -2.45. The van der Waals surface area contributed by atoms with Crippen LogP contribution < -0.4 is 9.64 Å². The van der Waals surface area contributed by atoms with Gasteiger partial charge in [0.05, 0.1) is 35.9 Å². The highest BCUT2D eigenvalue weighted by Gasteiger charge is 2.75. The van der Waals surface area contributed by atoms with Crippen molar-refractivity contribution < 1.29 is 9.84 Å². The number of ether oxygens (including phenoxy) is 1. The number of nitrogens with zero attached hydrogens (tertiary/aromatic N) is 6. The average Bonchev–Trinajstić information content (AvgIpc) is 3.49. The molecule has 8 heteroatoms. The zero-order valence-corrected chi connectivity index (χ0v) is 19.7. The van der Waals surface area contributed by atoms with Gasteiger partial charge >= 0.3 is 6.01 Å². The Hall–Kier alpha value is -3.18. The van der Waals surface area contributed by atoms with Crippen molar-refractivity contribution in [2.75, 3.05) is 18.6 Å². The molecule has 174 valence electrons. The Kier molecular flexibility index (Phi) is 3.62. The van der Waals surface area contributed by atoms with Gasteiger partial charge in [-0.3, -0.25) is 0 Å². The normalized spacial score (nSPS) is 30.3. The molecule has 2 bridgehead atoms. The Bertz CT molecular complexity index is 1390. The fraction of sp³-hybridized carbons (Fsp3) is 0.538. The highest BCUT2D eigenvalue weighted by Crippen LogP contribution is 2.78. The van der Waals surface area contributed by atoms with Crippen molar-refractivity contribution >= 4 is 16.7 Å². The van der Waals surface area contributed by atoms with E-state index < -0.39 is 5.60 Å². The molecule has 1 aromatic carbocycles. The van der Waals surface area contributed by atoms with E-state index in [1.165, 1.54) is 0 Å². The molecule has 3 aromatic rings. The molecular weight excluding hydrogens is 428 g/mol. The fourth-order valence-corrected chi connectivity index (χ4v) is 6.67. The summed E-state index contributed by atoms with van der Waals surface area (Å²) in [6, 6.07) is 11.5. The second-order valence-electron chi connectivity index (χ2n) is 11.4. The number of benzene rings is 1. The molecular formula is C26H28N6O2.